The highest BCUT2D eigenvalue weighted by molar-refractivity contribution is 6.74. The second kappa shape index (κ2) is 17.8. The molecule has 0 radical (unpaired) electrons. The third-order valence-electron chi connectivity index (χ3n) is 18.8. The van der Waals surface area contributed by atoms with Gasteiger partial charge in [-0.05, 0) is 111 Å². The van der Waals surface area contributed by atoms with Gasteiger partial charge in [0, 0.05) is 38.5 Å². The number of hydrogen-bond donors (Lipinski definition) is 0. The second-order valence-corrected chi connectivity index (χ2v) is 29.4. The molecule has 69 heavy (non-hydrogen) atoms. The molecule has 12 bridgehead atoms. The summed E-state index contributed by atoms with van der Waals surface area (Å²) < 4.78 is 62.9. The van der Waals surface area contributed by atoms with Crippen LogP contribution in [-0.2, 0) is 47.1 Å². The molecule has 11 aliphatic rings. The van der Waals surface area contributed by atoms with E-state index in [2.05, 4.69) is 67.8 Å². The number of carbonyl (C=O) groups is 3. The number of carbonyl (C=O) groups excluding carboxylic acids is 3. The van der Waals surface area contributed by atoms with E-state index in [0.717, 1.165) is 49.7 Å². The summed E-state index contributed by atoms with van der Waals surface area (Å²) in [6, 6.07) is 7.03. The van der Waals surface area contributed by atoms with E-state index in [0.29, 0.717) is 49.7 Å². The lowest BCUT2D eigenvalue weighted by molar-refractivity contribution is -0.294. The van der Waals surface area contributed by atoms with Gasteiger partial charge in [-0.25, -0.2) is 0 Å². The molecule has 0 saturated carbocycles. The summed E-state index contributed by atoms with van der Waals surface area (Å²) >= 11 is 0. The Balaban J connectivity index is 0.875. The third-order valence-corrected chi connectivity index (χ3v) is 23.3. The van der Waals surface area contributed by atoms with Gasteiger partial charge in [-0.15, -0.1) is 0 Å². The lowest BCUT2D eigenvalue weighted by Gasteiger charge is -2.47. The van der Waals surface area contributed by atoms with Crippen LogP contribution in [0.4, 0.5) is 0 Å². The Labute approximate surface area is 410 Å². The van der Waals surface area contributed by atoms with E-state index in [1.165, 1.54) is 4.90 Å². The summed E-state index contributed by atoms with van der Waals surface area (Å²) in [5, 5.41) is -0.122. The molecular weight excluding hydrogens is 895 g/mol. The first-order valence-corrected chi connectivity index (χ1v) is 29.4. The molecule has 0 aromatic heterocycles. The number of benzene rings is 1. The molecular formula is C55H77NO12Si. The van der Waals surface area contributed by atoms with Crippen molar-refractivity contribution >= 4 is 25.9 Å². The van der Waals surface area contributed by atoms with Gasteiger partial charge in [-0.2, -0.15) is 0 Å². The first-order chi connectivity index (χ1) is 32.7. The van der Waals surface area contributed by atoms with E-state index in [4.69, 9.17) is 42.3 Å². The molecule has 0 N–H and O–H groups in total. The average Bonchev–Trinajstić information content (AvgIpc) is 3.98. The highest BCUT2D eigenvalue weighted by Crippen LogP contribution is 2.59. The predicted octanol–water partition coefficient (Wildman–Crippen LogP) is 8.82. The predicted molar refractivity (Wildman–Crippen MR) is 258 cm³/mol. The molecule has 378 valence electrons. The van der Waals surface area contributed by atoms with Crippen LogP contribution < -0.4 is 0 Å². The molecule has 11 heterocycles. The van der Waals surface area contributed by atoms with Crippen molar-refractivity contribution in [3.05, 3.63) is 59.7 Å². The van der Waals surface area contributed by atoms with Crippen LogP contribution in [0.5, 0.6) is 0 Å². The molecule has 14 heteroatoms. The normalized spacial score (nSPS) is 44.9. The van der Waals surface area contributed by atoms with Crippen molar-refractivity contribution in [2.45, 2.75) is 240 Å². The summed E-state index contributed by atoms with van der Waals surface area (Å²) in [6.07, 6.45) is 5.15. The number of amides is 2. The zero-order chi connectivity index (χ0) is 48.5. The van der Waals surface area contributed by atoms with Crippen molar-refractivity contribution in [1.29, 1.82) is 0 Å². The molecule has 19 atom stereocenters. The Morgan fingerprint density at radius 2 is 1.46 bits per heavy atom. The molecule has 13 nitrogen and oxygen atoms in total. The monoisotopic (exact) mass is 972 g/mol. The fourth-order valence-corrected chi connectivity index (χ4v) is 15.3. The van der Waals surface area contributed by atoms with Crippen LogP contribution in [0.1, 0.15) is 146 Å². The molecule has 0 aliphatic carbocycles. The van der Waals surface area contributed by atoms with E-state index < -0.39 is 25.8 Å². The Bertz CT molecular complexity index is 2190. The average molecular weight is 972 g/mol. The van der Waals surface area contributed by atoms with E-state index in [1.54, 1.807) is 24.3 Å². The molecule has 1 aromatic carbocycles. The zero-order valence-corrected chi connectivity index (χ0v) is 43.3. The van der Waals surface area contributed by atoms with Crippen LogP contribution in [-0.4, -0.2) is 134 Å². The smallest absolute Gasteiger partial charge is 0.261 e. The maximum Gasteiger partial charge on any atom is 0.261 e. The molecule has 10 fully saturated rings. The number of rotatable bonds is 6. The van der Waals surface area contributed by atoms with Gasteiger partial charge >= 0.3 is 0 Å². The van der Waals surface area contributed by atoms with Gasteiger partial charge in [0.2, 0.25) is 0 Å². The number of fused-ring (bicyclic) bond motifs is 7. The minimum atomic E-state index is -2.41. The van der Waals surface area contributed by atoms with Crippen LogP contribution in [0, 0.1) is 17.8 Å². The summed E-state index contributed by atoms with van der Waals surface area (Å²) in [4.78, 5) is 43.6. The van der Waals surface area contributed by atoms with Gasteiger partial charge in [0.15, 0.2) is 14.1 Å². The Morgan fingerprint density at radius 3 is 2.20 bits per heavy atom. The molecule has 4 unspecified atom stereocenters. The number of nitrogens with zero attached hydrogens (tertiary/aromatic N) is 1. The summed E-state index contributed by atoms with van der Waals surface area (Å²) in [5.74, 6) is -1.22. The van der Waals surface area contributed by atoms with Crippen LogP contribution in [0.3, 0.4) is 0 Å². The first-order valence-electron chi connectivity index (χ1n) is 26.5. The Hall–Kier alpha value is -2.63. The number of imide groups is 1. The largest absolute Gasteiger partial charge is 0.412 e. The molecule has 11 aliphatic heterocycles. The van der Waals surface area contributed by atoms with Crippen molar-refractivity contribution in [2.75, 3.05) is 6.54 Å². The molecule has 10 saturated heterocycles. The summed E-state index contributed by atoms with van der Waals surface area (Å²) in [5.41, 5.74) is 2.51. The van der Waals surface area contributed by atoms with Crippen molar-refractivity contribution in [1.82, 2.24) is 4.90 Å². The SMILES string of the molecule is C=C1C[C@@H]2CC[C@@]34C[C@]5(C)O[C@H]6[C@@H](O3)[C@H]3O[C@H](CC[C@@H]3O[C@H]6[C@H]5O4)CC(=O)CC3[C@@H](C)C(C[C@@H](CN4C(=O)c5ccccc5C4=O)O[Si](C)(C)C(C)(C)C)O[C@H]3CC3O[C@@H](CCC1O2)C[C@@H](C)C3=C. The van der Waals surface area contributed by atoms with E-state index in [1.807, 2.05) is 0 Å². The van der Waals surface area contributed by atoms with Crippen molar-refractivity contribution in [2.24, 2.45) is 17.8 Å². The number of hydrogen-bond acceptors (Lipinski definition) is 12. The van der Waals surface area contributed by atoms with Gasteiger partial charge in [0.05, 0.1) is 72.6 Å². The van der Waals surface area contributed by atoms with Crippen molar-refractivity contribution < 1.29 is 56.7 Å². The maximum atomic E-state index is 14.7. The van der Waals surface area contributed by atoms with Gasteiger partial charge < -0.3 is 42.3 Å². The molecule has 1 spiro atoms. The first kappa shape index (κ1) is 48.6. The lowest BCUT2D eigenvalue weighted by atomic mass is 9.78. The van der Waals surface area contributed by atoms with E-state index in [9.17, 15) is 14.4 Å². The maximum absolute atomic E-state index is 14.7. The zero-order valence-electron chi connectivity index (χ0n) is 42.3. The van der Waals surface area contributed by atoms with Gasteiger partial charge in [0.25, 0.3) is 11.8 Å². The van der Waals surface area contributed by atoms with Gasteiger partial charge in [0.1, 0.15) is 41.9 Å². The third kappa shape index (κ3) is 8.73. The highest BCUT2D eigenvalue weighted by Gasteiger charge is 2.73. The van der Waals surface area contributed by atoms with Crippen molar-refractivity contribution in [3.8, 4) is 0 Å². The Kier molecular flexibility index (Phi) is 12.5. The summed E-state index contributed by atoms with van der Waals surface area (Å²) in [6.45, 7) is 26.8. The lowest BCUT2D eigenvalue weighted by Crippen LogP contribution is -2.61. The minimum Gasteiger partial charge on any atom is -0.412 e. The fourth-order valence-electron chi connectivity index (χ4n) is 13.9. The van der Waals surface area contributed by atoms with Crippen LogP contribution >= 0.6 is 0 Å². The van der Waals surface area contributed by atoms with Crippen LogP contribution in [0.2, 0.25) is 18.1 Å². The van der Waals surface area contributed by atoms with Crippen LogP contribution in [0.15, 0.2) is 48.6 Å². The number of Topliss-reactive ketones (excluding diaryl/α,β-unsaturated/α-hetero) is 1. The number of ketones is 1. The second-order valence-electron chi connectivity index (χ2n) is 24.6. The van der Waals surface area contributed by atoms with E-state index in [-0.39, 0.29) is 133 Å². The van der Waals surface area contributed by atoms with Gasteiger partial charge in [-0.3, -0.25) is 19.3 Å². The fraction of sp³-hybridized carbons (Fsp3) is 0.764. The molecule has 1 aromatic rings. The standard InChI is InChI=1S/C55H77NO12Si/c1-29-21-34-15-17-41-30(2)22-36(60-41)19-20-55-28-54(8)50(67-55)49-48(65-54)47(66-55)46-42(64-49)18-16-35(62-46)23-33(57)24-40-32(4)43(63-45(40)26-44(61-34)31(29)3)25-37(68-69(9,10)53(5,6)7)27-56-51(58)38-13-11-12-14-39(38)52(56)59/h11-14,29,32,34-37,40-50H,2-3,15-28H2,1,4-10H3/t29-,32-,34+,35-,36+,37+,40?,41?,42+,43?,44?,45+,46+,47+,48+,49-,50-,54+,55-/m1/s1. The highest BCUT2D eigenvalue weighted by atomic mass is 28.4. The number of ether oxygens (including phenoxy) is 8. The molecule has 12 rings (SSSR count). The molecule has 2 amide bonds. The minimum absolute atomic E-state index is 0.0108. The van der Waals surface area contributed by atoms with Crippen LogP contribution in [0.25, 0.3) is 0 Å². The Morgan fingerprint density at radius 1 is 0.768 bits per heavy atom. The van der Waals surface area contributed by atoms with E-state index >= 15 is 0 Å². The topological polar surface area (TPSA) is 138 Å². The summed E-state index contributed by atoms with van der Waals surface area (Å²) in [7, 11) is -2.41. The van der Waals surface area contributed by atoms with Crippen molar-refractivity contribution in [3.63, 3.8) is 0 Å². The van der Waals surface area contributed by atoms with Gasteiger partial charge in [-0.1, -0.05) is 59.9 Å². The quantitative estimate of drug-likeness (QED) is 0.153.